The third kappa shape index (κ3) is 2.70. The van der Waals surface area contributed by atoms with Gasteiger partial charge in [0.05, 0.1) is 6.61 Å². The summed E-state index contributed by atoms with van der Waals surface area (Å²) in [4.78, 5) is 5.71. The molecule has 0 amide bonds. The molecule has 3 heteroatoms. The van der Waals surface area contributed by atoms with Crippen molar-refractivity contribution in [2.45, 2.75) is 51.7 Å². The van der Waals surface area contributed by atoms with Gasteiger partial charge in [-0.25, -0.2) is 0 Å². The van der Waals surface area contributed by atoms with E-state index in [9.17, 15) is 0 Å². The van der Waals surface area contributed by atoms with Gasteiger partial charge in [-0.1, -0.05) is 49.0 Å². The molecule has 2 aromatic rings. The van der Waals surface area contributed by atoms with Crippen LogP contribution in [0.25, 0.3) is 0 Å². The lowest BCUT2D eigenvalue weighted by Gasteiger charge is -2.30. The largest absolute Gasteiger partial charge is 0.380 e. The lowest BCUT2D eigenvalue weighted by Crippen LogP contribution is -2.30. The number of unbranched alkanes of at least 4 members (excludes halogenated alkanes) is 1. The van der Waals surface area contributed by atoms with Crippen LogP contribution in [0.5, 0.6) is 0 Å². The number of hydrogen-bond donors (Lipinski definition) is 0. The predicted molar refractivity (Wildman–Crippen MR) is 93.3 cm³/mol. The molecule has 0 saturated heterocycles. The highest BCUT2D eigenvalue weighted by atomic mass is 32.2. The summed E-state index contributed by atoms with van der Waals surface area (Å²) in [5.41, 5.74) is 2.68. The Morgan fingerprint density at radius 2 is 1.50 bits per heavy atom. The van der Waals surface area contributed by atoms with E-state index in [1.165, 1.54) is 37.1 Å². The Morgan fingerprint density at radius 1 is 0.909 bits per heavy atom. The Kier molecular flexibility index (Phi) is 3.75. The first kappa shape index (κ1) is 14.7. The lowest BCUT2D eigenvalue weighted by atomic mass is 9.77. The molecule has 0 aromatic heterocycles. The zero-order valence-corrected chi connectivity index (χ0v) is 14.7. The molecule has 2 aliphatic heterocycles. The molecule has 2 aromatic carbocycles. The molecule has 0 radical (unpaired) electrons. The molecule has 1 nitrogen and oxygen atoms in total. The number of benzene rings is 2. The highest BCUT2D eigenvalue weighted by Crippen LogP contribution is 2.52. The fourth-order valence-corrected chi connectivity index (χ4v) is 4.14. The number of ether oxygens (including phenoxy) is 1. The fraction of sp³-hybridized carbons (Fsp3) is 0.368. The van der Waals surface area contributed by atoms with Gasteiger partial charge in [0.15, 0.2) is 0 Å². The van der Waals surface area contributed by atoms with Gasteiger partial charge >= 0.3 is 0 Å². The minimum atomic E-state index is -0.0654. The zero-order valence-electron chi connectivity index (χ0n) is 13.0. The fourth-order valence-electron chi connectivity index (χ4n) is 2.87. The van der Waals surface area contributed by atoms with Crippen LogP contribution in [0.2, 0.25) is 0 Å². The summed E-state index contributed by atoms with van der Waals surface area (Å²) in [5, 5.41) is 0. The van der Waals surface area contributed by atoms with Crippen LogP contribution in [0.1, 0.15) is 37.8 Å². The molecule has 0 spiro atoms. The SMILES string of the molecule is CCCCOCC(C)(c1ccc2c(c1)S2)c1ccc2c(c1)S2. The summed E-state index contributed by atoms with van der Waals surface area (Å²) < 4.78 is 6.05. The molecule has 0 saturated carbocycles. The van der Waals surface area contributed by atoms with Crippen molar-refractivity contribution < 1.29 is 4.74 Å². The second kappa shape index (κ2) is 5.63. The number of rotatable bonds is 7. The molecule has 0 N–H and O–H groups in total. The molecule has 114 valence electrons. The van der Waals surface area contributed by atoms with Gasteiger partial charge in [-0.3, -0.25) is 0 Å². The normalized spacial score (nSPS) is 14.5. The lowest BCUT2D eigenvalue weighted by molar-refractivity contribution is 0.0989. The van der Waals surface area contributed by atoms with Crippen molar-refractivity contribution in [3.8, 4) is 0 Å². The van der Waals surface area contributed by atoms with E-state index in [4.69, 9.17) is 4.74 Å². The van der Waals surface area contributed by atoms with Crippen molar-refractivity contribution in [2.75, 3.05) is 13.2 Å². The summed E-state index contributed by atoms with van der Waals surface area (Å²) in [6.45, 7) is 6.13. The van der Waals surface area contributed by atoms with E-state index in [-0.39, 0.29) is 5.41 Å². The van der Waals surface area contributed by atoms with Crippen LogP contribution in [0.15, 0.2) is 56.0 Å². The van der Waals surface area contributed by atoms with Gasteiger partial charge in [-0.15, -0.1) is 0 Å². The Hall–Kier alpha value is -0.900. The van der Waals surface area contributed by atoms with Gasteiger partial charge < -0.3 is 4.74 Å². The second-order valence-electron chi connectivity index (χ2n) is 6.27. The first-order chi connectivity index (χ1) is 10.7. The second-order valence-corrected chi connectivity index (χ2v) is 8.43. The Balaban J connectivity index is 1.64. The Morgan fingerprint density at radius 3 is 2.00 bits per heavy atom. The van der Waals surface area contributed by atoms with E-state index in [1.54, 1.807) is 0 Å². The third-order valence-electron chi connectivity index (χ3n) is 4.55. The van der Waals surface area contributed by atoms with E-state index < -0.39 is 0 Å². The molecule has 0 unspecified atom stereocenters. The van der Waals surface area contributed by atoms with Gasteiger partial charge in [0, 0.05) is 31.6 Å². The van der Waals surface area contributed by atoms with Gasteiger partial charge in [-0.2, -0.15) is 0 Å². The summed E-state index contributed by atoms with van der Waals surface area (Å²) in [6, 6.07) is 13.8. The van der Waals surface area contributed by atoms with Crippen LogP contribution in [0, 0.1) is 0 Å². The van der Waals surface area contributed by atoms with Gasteiger partial charge in [-0.05, 0) is 48.7 Å². The average molecular weight is 329 g/mol. The molecular formula is C19H20OS2. The minimum absolute atomic E-state index is 0.0654. The maximum atomic E-state index is 6.05. The van der Waals surface area contributed by atoms with E-state index >= 15 is 0 Å². The third-order valence-corrected chi connectivity index (χ3v) is 6.41. The summed E-state index contributed by atoms with van der Waals surface area (Å²) >= 11 is 3.77. The van der Waals surface area contributed by atoms with E-state index in [0.29, 0.717) is 0 Å². The van der Waals surface area contributed by atoms with E-state index in [1.807, 2.05) is 23.5 Å². The first-order valence-electron chi connectivity index (χ1n) is 7.93. The molecule has 0 fully saturated rings. The standard InChI is InChI=1S/C19H20OS2/c1-3-4-9-20-12-19(2,13-5-7-15-17(10-13)21-15)14-6-8-16-18(11-14)22-16/h5-8,10-11H,3-4,9,12H2,1-2H3. The molecule has 2 heterocycles. The van der Waals surface area contributed by atoms with Crippen molar-refractivity contribution in [2.24, 2.45) is 0 Å². The van der Waals surface area contributed by atoms with Crippen molar-refractivity contribution in [1.82, 2.24) is 0 Å². The average Bonchev–Trinajstić information content (AvgIpc) is 3.43. The first-order valence-corrected chi connectivity index (χ1v) is 9.56. The molecule has 0 aliphatic carbocycles. The van der Waals surface area contributed by atoms with E-state index in [2.05, 4.69) is 50.2 Å². The topological polar surface area (TPSA) is 9.23 Å². The van der Waals surface area contributed by atoms with Gasteiger partial charge in [0.2, 0.25) is 0 Å². The zero-order chi connectivity index (χ0) is 15.2. The van der Waals surface area contributed by atoms with Crippen LogP contribution in [-0.2, 0) is 10.2 Å². The smallest absolute Gasteiger partial charge is 0.0600 e. The van der Waals surface area contributed by atoms with Crippen LogP contribution in [0.3, 0.4) is 0 Å². The molecular weight excluding hydrogens is 308 g/mol. The van der Waals surface area contributed by atoms with Crippen LogP contribution < -0.4 is 0 Å². The Labute approximate surface area is 140 Å². The van der Waals surface area contributed by atoms with Gasteiger partial charge in [0.1, 0.15) is 0 Å². The quantitative estimate of drug-likeness (QED) is 0.316. The number of hydrogen-bond acceptors (Lipinski definition) is 3. The van der Waals surface area contributed by atoms with Crippen molar-refractivity contribution in [1.29, 1.82) is 0 Å². The summed E-state index contributed by atoms with van der Waals surface area (Å²) in [7, 11) is 0. The molecule has 0 bridgehead atoms. The Bertz CT molecular complexity index is 670. The highest BCUT2D eigenvalue weighted by Gasteiger charge is 2.34. The van der Waals surface area contributed by atoms with Gasteiger partial charge in [0.25, 0.3) is 0 Å². The molecule has 2 aliphatic rings. The van der Waals surface area contributed by atoms with Crippen molar-refractivity contribution in [3.05, 3.63) is 47.5 Å². The minimum Gasteiger partial charge on any atom is -0.380 e. The molecule has 4 rings (SSSR count). The number of fused-ring (bicyclic) bond motifs is 2. The van der Waals surface area contributed by atoms with Crippen LogP contribution in [-0.4, -0.2) is 13.2 Å². The maximum absolute atomic E-state index is 6.05. The highest BCUT2D eigenvalue weighted by molar-refractivity contribution is 8.05. The molecule has 22 heavy (non-hydrogen) atoms. The summed E-state index contributed by atoms with van der Waals surface area (Å²) in [6.07, 6.45) is 2.32. The molecule has 0 atom stereocenters. The monoisotopic (exact) mass is 328 g/mol. The van der Waals surface area contributed by atoms with Crippen LogP contribution in [0.4, 0.5) is 0 Å². The summed E-state index contributed by atoms with van der Waals surface area (Å²) in [5.74, 6) is 0. The van der Waals surface area contributed by atoms with Crippen molar-refractivity contribution in [3.63, 3.8) is 0 Å². The van der Waals surface area contributed by atoms with Crippen molar-refractivity contribution >= 4 is 23.5 Å². The predicted octanol–water partition coefficient (Wildman–Crippen LogP) is 5.74. The maximum Gasteiger partial charge on any atom is 0.0600 e. The van der Waals surface area contributed by atoms with Crippen LogP contribution >= 0.6 is 23.5 Å². The van der Waals surface area contributed by atoms with E-state index in [0.717, 1.165) is 19.6 Å².